The lowest BCUT2D eigenvalue weighted by atomic mass is 10.1. The number of nitro benzene ring substituents is 1. The van der Waals surface area contributed by atoms with E-state index in [4.69, 9.17) is 23.2 Å². The van der Waals surface area contributed by atoms with Crippen LogP contribution >= 0.6 is 23.2 Å². The van der Waals surface area contributed by atoms with Crippen LogP contribution in [0.15, 0.2) is 42.5 Å². The van der Waals surface area contributed by atoms with Crippen LogP contribution in [0.2, 0.25) is 10.0 Å². The molecule has 0 spiro atoms. The molecule has 0 fully saturated rings. The van der Waals surface area contributed by atoms with E-state index in [9.17, 15) is 14.9 Å². The topological polar surface area (TPSA) is 72.2 Å². The van der Waals surface area contributed by atoms with Crippen LogP contribution < -0.4 is 5.32 Å². The maximum Gasteiger partial charge on any atom is 0.270 e. The lowest BCUT2D eigenvalue weighted by Gasteiger charge is -2.15. The van der Waals surface area contributed by atoms with Gasteiger partial charge < -0.3 is 5.32 Å². The second kappa shape index (κ2) is 6.77. The zero-order valence-electron chi connectivity index (χ0n) is 11.5. The van der Waals surface area contributed by atoms with E-state index in [-0.39, 0.29) is 22.3 Å². The zero-order chi connectivity index (χ0) is 16.3. The molecule has 1 N–H and O–H groups in total. The van der Waals surface area contributed by atoms with E-state index in [2.05, 4.69) is 5.32 Å². The molecule has 0 radical (unpaired) electrons. The average molecular weight is 339 g/mol. The van der Waals surface area contributed by atoms with Gasteiger partial charge in [0.2, 0.25) is 0 Å². The third kappa shape index (κ3) is 3.75. The Morgan fingerprint density at radius 1 is 1.23 bits per heavy atom. The zero-order valence-corrected chi connectivity index (χ0v) is 13.1. The number of nitrogens with one attached hydrogen (secondary N) is 1. The summed E-state index contributed by atoms with van der Waals surface area (Å²) in [6.07, 6.45) is 0. The Kier molecular flexibility index (Phi) is 5.00. The summed E-state index contributed by atoms with van der Waals surface area (Å²) in [5.41, 5.74) is 0.865. The number of hydrogen-bond donors (Lipinski definition) is 1. The molecule has 0 heterocycles. The molecule has 0 aromatic heterocycles. The van der Waals surface area contributed by atoms with Gasteiger partial charge in [0.1, 0.15) is 0 Å². The van der Waals surface area contributed by atoms with Crippen molar-refractivity contribution < 1.29 is 9.72 Å². The lowest BCUT2D eigenvalue weighted by Crippen LogP contribution is -2.26. The maximum atomic E-state index is 12.2. The van der Waals surface area contributed by atoms with Gasteiger partial charge in [0, 0.05) is 17.2 Å². The molecule has 22 heavy (non-hydrogen) atoms. The van der Waals surface area contributed by atoms with Crippen LogP contribution in [0.25, 0.3) is 0 Å². The van der Waals surface area contributed by atoms with Gasteiger partial charge in [0.15, 0.2) is 0 Å². The van der Waals surface area contributed by atoms with Crippen molar-refractivity contribution in [1.82, 2.24) is 5.32 Å². The van der Waals surface area contributed by atoms with Gasteiger partial charge in [-0.15, -0.1) is 0 Å². The van der Waals surface area contributed by atoms with Crippen molar-refractivity contribution in [3.8, 4) is 0 Å². The molecule has 0 unspecified atom stereocenters. The highest BCUT2D eigenvalue weighted by Gasteiger charge is 2.17. The van der Waals surface area contributed by atoms with Crippen molar-refractivity contribution in [3.05, 3.63) is 73.8 Å². The summed E-state index contributed by atoms with van der Waals surface area (Å²) in [4.78, 5) is 22.3. The van der Waals surface area contributed by atoms with Gasteiger partial charge in [-0.3, -0.25) is 14.9 Å². The van der Waals surface area contributed by atoms with Crippen LogP contribution in [0.4, 0.5) is 5.69 Å². The summed E-state index contributed by atoms with van der Waals surface area (Å²) in [6, 6.07) is 10.6. The summed E-state index contributed by atoms with van der Waals surface area (Å²) in [7, 11) is 0. The first-order valence-electron chi connectivity index (χ1n) is 6.38. The summed E-state index contributed by atoms with van der Waals surface area (Å²) >= 11 is 11.9. The summed E-state index contributed by atoms with van der Waals surface area (Å²) < 4.78 is 0. The van der Waals surface area contributed by atoms with E-state index in [1.54, 1.807) is 18.2 Å². The van der Waals surface area contributed by atoms with E-state index in [0.29, 0.717) is 5.02 Å². The number of nitro groups is 1. The number of nitrogens with zero attached hydrogens (tertiary/aromatic N) is 1. The molecule has 0 aliphatic heterocycles. The molecule has 114 valence electrons. The Morgan fingerprint density at radius 2 is 1.95 bits per heavy atom. The molecule has 0 saturated carbocycles. The van der Waals surface area contributed by atoms with Crippen molar-refractivity contribution in [2.45, 2.75) is 13.0 Å². The molecular weight excluding hydrogens is 327 g/mol. The van der Waals surface area contributed by atoms with Gasteiger partial charge in [-0.05, 0) is 30.7 Å². The predicted molar refractivity (Wildman–Crippen MR) is 85.4 cm³/mol. The molecule has 2 aromatic carbocycles. The minimum atomic E-state index is -0.567. The van der Waals surface area contributed by atoms with E-state index in [1.165, 1.54) is 12.1 Å². The Bertz CT molecular complexity index is 734. The number of rotatable bonds is 4. The minimum absolute atomic E-state index is 0.0324. The number of halogens is 2. The SMILES string of the molecule is C[C@H](NC(=O)c1ccc([N+](=O)[O-])cc1Cl)c1cccc(Cl)c1. The third-order valence-electron chi connectivity index (χ3n) is 3.10. The molecule has 1 amide bonds. The number of carbonyl (C=O) groups is 1. The van der Waals surface area contributed by atoms with Crippen LogP contribution in [-0.4, -0.2) is 10.8 Å². The van der Waals surface area contributed by atoms with Crippen LogP contribution in [0.5, 0.6) is 0 Å². The molecule has 5 nitrogen and oxygen atoms in total. The fraction of sp³-hybridized carbons (Fsp3) is 0.133. The highest BCUT2D eigenvalue weighted by Crippen LogP contribution is 2.24. The highest BCUT2D eigenvalue weighted by molar-refractivity contribution is 6.34. The number of benzene rings is 2. The molecule has 0 aliphatic rings. The minimum Gasteiger partial charge on any atom is -0.345 e. The van der Waals surface area contributed by atoms with Crippen molar-refractivity contribution >= 4 is 34.8 Å². The Morgan fingerprint density at radius 3 is 2.55 bits per heavy atom. The summed E-state index contributed by atoms with van der Waals surface area (Å²) in [6.45, 7) is 1.81. The predicted octanol–water partition coefficient (Wildman–Crippen LogP) is 4.39. The second-order valence-electron chi connectivity index (χ2n) is 4.67. The molecule has 7 heteroatoms. The number of non-ortho nitro benzene ring substituents is 1. The van der Waals surface area contributed by atoms with Gasteiger partial charge in [0.25, 0.3) is 11.6 Å². The molecule has 1 atom stereocenters. The van der Waals surface area contributed by atoms with Crippen LogP contribution in [0.3, 0.4) is 0 Å². The van der Waals surface area contributed by atoms with E-state index in [0.717, 1.165) is 11.6 Å². The number of hydrogen-bond acceptors (Lipinski definition) is 3. The van der Waals surface area contributed by atoms with Crippen LogP contribution in [-0.2, 0) is 0 Å². The smallest absolute Gasteiger partial charge is 0.270 e. The number of carbonyl (C=O) groups excluding carboxylic acids is 1. The molecule has 2 rings (SSSR count). The van der Waals surface area contributed by atoms with Crippen molar-refractivity contribution in [2.75, 3.05) is 0 Å². The maximum absolute atomic E-state index is 12.2. The van der Waals surface area contributed by atoms with Gasteiger partial charge in [-0.2, -0.15) is 0 Å². The van der Waals surface area contributed by atoms with Gasteiger partial charge >= 0.3 is 0 Å². The Labute approximate surface area is 137 Å². The van der Waals surface area contributed by atoms with Crippen LogP contribution in [0.1, 0.15) is 28.9 Å². The fourth-order valence-corrected chi connectivity index (χ4v) is 2.39. The van der Waals surface area contributed by atoms with Gasteiger partial charge in [-0.1, -0.05) is 35.3 Å². The Hall–Kier alpha value is -2.11. The van der Waals surface area contributed by atoms with Crippen molar-refractivity contribution in [2.24, 2.45) is 0 Å². The first-order chi connectivity index (χ1) is 10.4. The van der Waals surface area contributed by atoms with E-state index < -0.39 is 10.8 Å². The fourth-order valence-electron chi connectivity index (χ4n) is 1.94. The number of amides is 1. The molecule has 2 aromatic rings. The quantitative estimate of drug-likeness (QED) is 0.663. The first kappa shape index (κ1) is 16.3. The van der Waals surface area contributed by atoms with E-state index in [1.807, 2.05) is 13.0 Å². The first-order valence-corrected chi connectivity index (χ1v) is 7.14. The monoisotopic (exact) mass is 338 g/mol. The largest absolute Gasteiger partial charge is 0.345 e. The lowest BCUT2D eigenvalue weighted by molar-refractivity contribution is -0.384. The highest BCUT2D eigenvalue weighted by atomic mass is 35.5. The average Bonchev–Trinajstić information content (AvgIpc) is 2.46. The Balaban J connectivity index is 2.17. The summed E-state index contributed by atoms with van der Waals surface area (Å²) in [5.74, 6) is -0.410. The normalized spacial score (nSPS) is 11.8. The van der Waals surface area contributed by atoms with Crippen molar-refractivity contribution in [1.29, 1.82) is 0 Å². The second-order valence-corrected chi connectivity index (χ2v) is 5.52. The van der Waals surface area contributed by atoms with Crippen molar-refractivity contribution in [3.63, 3.8) is 0 Å². The van der Waals surface area contributed by atoms with Crippen LogP contribution in [0, 0.1) is 10.1 Å². The van der Waals surface area contributed by atoms with E-state index >= 15 is 0 Å². The molecule has 0 aliphatic carbocycles. The molecular formula is C15H12Cl2N2O3. The third-order valence-corrected chi connectivity index (χ3v) is 3.65. The molecule has 0 saturated heterocycles. The summed E-state index contributed by atoms with van der Waals surface area (Å²) in [5, 5.41) is 14.0. The van der Waals surface area contributed by atoms with Gasteiger partial charge in [-0.25, -0.2) is 0 Å². The standard InChI is InChI=1S/C15H12Cl2N2O3/c1-9(10-3-2-4-11(16)7-10)18-15(20)13-6-5-12(19(21)22)8-14(13)17/h2-9H,1H3,(H,18,20)/t9-/m0/s1. The molecule has 0 bridgehead atoms. The van der Waals surface area contributed by atoms with Gasteiger partial charge in [0.05, 0.1) is 21.6 Å².